The third-order valence-corrected chi connectivity index (χ3v) is 8.05. The predicted molar refractivity (Wildman–Crippen MR) is 145 cm³/mol. The van der Waals surface area contributed by atoms with Gasteiger partial charge in [-0.1, -0.05) is 63.6 Å². The number of hydrogen-bond acceptors (Lipinski definition) is 5. The number of benzene rings is 2. The zero-order chi connectivity index (χ0) is 23.7. The Kier molecular flexibility index (Phi) is 7.32. The topological polar surface area (TPSA) is 43.7 Å². The average Bonchev–Trinajstić information content (AvgIpc) is 3.51. The number of thiocarbonyl (C=S) groups is 1. The molecular weight excluding hydrogens is 556 g/mol. The molecule has 2 aliphatic heterocycles. The van der Waals surface area contributed by atoms with Gasteiger partial charge in [0, 0.05) is 33.7 Å². The number of hydrogen-bond donors (Lipinski definition) is 0. The van der Waals surface area contributed by atoms with E-state index in [2.05, 4.69) is 38.8 Å². The second-order valence-electron chi connectivity index (χ2n) is 8.15. The zero-order valence-corrected chi connectivity index (χ0v) is 22.2. The number of rotatable bonds is 7. The Hall–Kier alpha value is -1.84. The molecule has 0 unspecified atom stereocenters. The smallest absolute Gasteiger partial charge is 0.266 e. The first-order valence-corrected chi connectivity index (χ1v) is 13.4. The van der Waals surface area contributed by atoms with Gasteiger partial charge in [0.05, 0.1) is 29.1 Å². The first-order valence-electron chi connectivity index (χ1n) is 11.0. The van der Waals surface area contributed by atoms with Gasteiger partial charge in [0.1, 0.15) is 16.7 Å². The number of carbonyl (C=O) groups is 1. The summed E-state index contributed by atoms with van der Waals surface area (Å²) < 4.78 is 15.3. The van der Waals surface area contributed by atoms with Crippen LogP contribution >= 0.6 is 51.5 Å². The van der Waals surface area contributed by atoms with E-state index in [0.29, 0.717) is 39.7 Å². The van der Waals surface area contributed by atoms with E-state index in [1.807, 2.05) is 36.4 Å². The monoisotopic (exact) mass is 576 g/mol. The van der Waals surface area contributed by atoms with E-state index in [1.165, 1.54) is 11.8 Å². The summed E-state index contributed by atoms with van der Waals surface area (Å²) >= 11 is 16.6. The SMILES string of the molecule is O=C1/C(=C/c2cn(CCOc3ccccc3Cl)c3ccc(Br)cc23)SC(=S)N1C[C@@H]1CCCO1. The normalized spacial score (nSPS) is 19.6. The highest BCUT2D eigenvalue weighted by molar-refractivity contribution is 9.10. The number of ether oxygens (including phenoxy) is 2. The third-order valence-electron chi connectivity index (χ3n) is 5.87. The Bertz CT molecular complexity index is 1290. The fourth-order valence-corrected chi connectivity index (χ4v) is 6.02. The van der Waals surface area contributed by atoms with Gasteiger partial charge in [0.15, 0.2) is 0 Å². The van der Waals surface area contributed by atoms with E-state index >= 15 is 0 Å². The summed E-state index contributed by atoms with van der Waals surface area (Å²) in [6.45, 7) is 2.38. The molecule has 3 heterocycles. The maximum atomic E-state index is 13.1. The van der Waals surface area contributed by atoms with Crippen molar-refractivity contribution in [2.24, 2.45) is 0 Å². The Labute approximate surface area is 221 Å². The van der Waals surface area contributed by atoms with Gasteiger partial charge in [-0.25, -0.2) is 0 Å². The highest BCUT2D eigenvalue weighted by atomic mass is 79.9. The molecule has 0 spiro atoms. The summed E-state index contributed by atoms with van der Waals surface area (Å²) in [6.07, 6.45) is 6.06. The minimum Gasteiger partial charge on any atom is -0.490 e. The molecule has 2 saturated heterocycles. The van der Waals surface area contributed by atoms with Crippen molar-refractivity contribution < 1.29 is 14.3 Å². The Balaban J connectivity index is 1.38. The van der Waals surface area contributed by atoms with Crippen molar-refractivity contribution in [3.63, 3.8) is 0 Å². The molecule has 34 heavy (non-hydrogen) atoms. The van der Waals surface area contributed by atoms with Crippen LogP contribution in [0.5, 0.6) is 5.75 Å². The highest BCUT2D eigenvalue weighted by Gasteiger charge is 2.34. The third kappa shape index (κ3) is 5.06. The molecule has 0 radical (unpaired) electrons. The van der Waals surface area contributed by atoms with Crippen LogP contribution < -0.4 is 4.74 Å². The summed E-state index contributed by atoms with van der Waals surface area (Å²) in [5, 5.41) is 1.64. The molecule has 0 bridgehead atoms. The van der Waals surface area contributed by atoms with E-state index in [-0.39, 0.29) is 12.0 Å². The van der Waals surface area contributed by atoms with Gasteiger partial charge < -0.3 is 14.0 Å². The van der Waals surface area contributed by atoms with E-state index in [0.717, 1.165) is 40.4 Å². The molecule has 3 aromatic rings. The van der Waals surface area contributed by atoms with Crippen molar-refractivity contribution in [2.75, 3.05) is 19.8 Å². The van der Waals surface area contributed by atoms with Crippen LogP contribution in [-0.4, -0.2) is 45.6 Å². The van der Waals surface area contributed by atoms with Gasteiger partial charge >= 0.3 is 0 Å². The number of halogens is 2. The first kappa shape index (κ1) is 23.9. The maximum absolute atomic E-state index is 13.1. The molecule has 5 nitrogen and oxygen atoms in total. The van der Waals surface area contributed by atoms with Crippen LogP contribution in [0.3, 0.4) is 0 Å². The fourth-order valence-electron chi connectivity index (χ4n) is 4.20. The summed E-state index contributed by atoms with van der Waals surface area (Å²) in [7, 11) is 0. The molecule has 1 amide bonds. The lowest BCUT2D eigenvalue weighted by molar-refractivity contribution is -0.123. The quantitative estimate of drug-likeness (QED) is 0.236. The number of carbonyl (C=O) groups excluding carboxylic acids is 1. The van der Waals surface area contributed by atoms with Crippen molar-refractivity contribution in [3.8, 4) is 5.75 Å². The average molecular weight is 578 g/mol. The van der Waals surface area contributed by atoms with Crippen LogP contribution in [0.15, 0.2) is 58.0 Å². The van der Waals surface area contributed by atoms with Gasteiger partial charge in [-0.2, -0.15) is 0 Å². The fraction of sp³-hybridized carbons (Fsp3) is 0.280. The van der Waals surface area contributed by atoms with Crippen LogP contribution in [0.2, 0.25) is 5.02 Å². The molecule has 2 fully saturated rings. The Morgan fingerprint density at radius 1 is 1.29 bits per heavy atom. The molecule has 0 saturated carbocycles. The number of amides is 1. The molecule has 5 rings (SSSR count). The standard InChI is InChI=1S/C25H22BrClN2O3S2/c26-17-7-8-21-19(13-17)16(14-28(21)9-11-32-22-6-2-1-5-20(22)27)12-23-24(30)29(25(33)34-23)15-18-4-3-10-31-18/h1-2,5-8,12-14,18H,3-4,9-11,15H2/b23-12-/t18-/m0/s1. The molecule has 1 aromatic heterocycles. The van der Waals surface area contributed by atoms with Crippen LogP contribution in [0, 0.1) is 0 Å². The van der Waals surface area contributed by atoms with Crippen molar-refractivity contribution in [1.82, 2.24) is 9.47 Å². The largest absolute Gasteiger partial charge is 0.490 e. The molecule has 176 valence electrons. The maximum Gasteiger partial charge on any atom is 0.266 e. The second kappa shape index (κ2) is 10.4. The molecule has 0 N–H and O–H groups in total. The van der Waals surface area contributed by atoms with Gasteiger partial charge in [-0.15, -0.1) is 0 Å². The number of aromatic nitrogens is 1. The van der Waals surface area contributed by atoms with Crippen molar-refractivity contribution in [2.45, 2.75) is 25.5 Å². The minimum atomic E-state index is -0.0524. The van der Waals surface area contributed by atoms with Gasteiger partial charge in [0.2, 0.25) is 0 Å². The molecule has 1 atom stereocenters. The Morgan fingerprint density at radius 3 is 2.94 bits per heavy atom. The Morgan fingerprint density at radius 2 is 2.15 bits per heavy atom. The molecule has 0 aliphatic carbocycles. The number of para-hydroxylation sites is 1. The van der Waals surface area contributed by atoms with Crippen molar-refractivity contribution in [3.05, 3.63) is 68.6 Å². The number of thioether (sulfide) groups is 1. The van der Waals surface area contributed by atoms with E-state index in [4.69, 9.17) is 33.3 Å². The molecule has 2 aromatic carbocycles. The summed E-state index contributed by atoms with van der Waals surface area (Å²) in [6, 6.07) is 13.6. The van der Waals surface area contributed by atoms with Crippen molar-refractivity contribution in [1.29, 1.82) is 0 Å². The number of fused-ring (bicyclic) bond motifs is 1. The lowest BCUT2D eigenvalue weighted by atomic mass is 10.1. The highest BCUT2D eigenvalue weighted by Crippen LogP contribution is 2.36. The van der Waals surface area contributed by atoms with Gasteiger partial charge in [-0.05, 0) is 49.2 Å². The van der Waals surface area contributed by atoms with E-state index < -0.39 is 0 Å². The lowest BCUT2D eigenvalue weighted by Crippen LogP contribution is -2.35. The summed E-state index contributed by atoms with van der Waals surface area (Å²) in [4.78, 5) is 15.4. The van der Waals surface area contributed by atoms with Crippen LogP contribution in [0.25, 0.3) is 17.0 Å². The molecule has 9 heteroatoms. The van der Waals surface area contributed by atoms with Crippen LogP contribution in [0.4, 0.5) is 0 Å². The number of nitrogens with zero attached hydrogens (tertiary/aromatic N) is 2. The van der Waals surface area contributed by atoms with Gasteiger partial charge in [0.25, 0.3) is 5.91 Å². The van der Waals surface area contributed by atoms with E-state index in [9.17, 15) is 4.79 Å². The second-order valence-corrected chi connectivity index (χ2v) is 11.1. The predicted octanol–water partition coefficient (Wildman–Crippen LogP) is 6.52. The van der Waals surface area contributed by atoms with Gasteiger partial charge in [-0.3, -0.25) is 9.69 Å². The van der Waals surface area contributed by atoms with Crippen LogP contribution in [-0.2, 0) is 16.1 Å². The summed E-state index contributed by atoms with van der Waals surface area (Å²) in [5.74, 6) is 0.613. The minimum absolute atomic E-state index is 0.0524. The summed E-state index contributed by atoms with van der Waals surface area (Å²) in [5.41, 5.74) is 2.03. The zero-order valence-electron chi connectivity index (χ0n) is 18.2. The van der Waals surface area contributed by atoms with Crippen LogP contribution in [0.1, 0.15) is 18.4 Å². The first-order chi connectivity index (χ1) is 16.5. The molecular formula is C25H22BrClN2O3S2. The van der Waals surface area contributed by atoms with Crippen molar-refractivity contribution >= 4 is 78.7 Å². The molecule has 2 aliphatic rings. The van der Waals surface area contributed by atoms with E-state index in [1.54, 1.807) is 4.90 Å². The lowest BCUT2D eigenvalue weighted by Gasteiger charge is -2.18.